The summed E-state index contributed by atoms with van der Waals surface area (Å²) in [7, 11) is 0. The molecule has 2 bridgehead atoms. The second-order valence-corrected chi connectivity index (χ2v) is 9.14. The molecule has 0 radical (unpaired) electrons. The predicted octanol–water partition coefficient (Wildman–Crippen LogP) is 3.52. The minimum absolute atomic E-state index is 0.145. The number of aromatic nitrogens is 1. The van der Waals surface area contributed by atoms with Crippen molar-refractivity contribution in [3.05, 3.63) is 11.1 Å². The number of carbonyl (C=O) groups excluding carboxylic acids is 1. The van der Waals surface area contributed by atoms with Crippen LogP contribution in [0.3, 0.4) is 0 Å². The van der Waals surface area contributed by atoms with Gasteiger partial charge in [-0.2, -0.15) is 0 Å². The first-order valence-electron chi connectivity index (χ1n) is 9.67. The van der Waals surface area contributed by atoms with Crippen LogP contribution >= 0.6 is 11.3 Å². The number of fused-ring (bicyclic) bond motifs is 2. The van der Waals surface area contributed by atoms with Gasteiger partial charge in [0, 0.05) is 31.4 Å². The number of carbonyl (C=O) groups is 1. The zero-order valence-corrected chi connectivity index (χ0v) is 16.1. The average molecular weight is 364 g/mol. The lowest BCUT2D eigenvalue weighted by Gasteiger charge is -2.34. The van der Waals surface area contributed by atoms with E-state index in [9.17, 15) is 4.79 Å². The highest BCUT2D eigenvalue weighted by molar-refractivity contribution is 7.13. The Hall–Kier alpha value is -0.980. The van der Waals surface area contributed by atoms with Gasteiger partial charge in [-0.15, -0.1) is 11.3 Å². The summed E-state index contributed by atoms with van der Waals surface area (Å²) in [5, 5.41) is 5.84. The van der Waals surface area contributed by atoms with Gasteiger partial charge in [0.15, 0.2) is 5.13 Å². The van der Waals surface area contributed by atoms with E-state index in [0.29, 0.717) is 12.3 Å². The number of anilines is 1. The van der Waals surface area contributed by atoms with Crippen LogP contribution in [0.15, 0.2) is 5.38 Å². The largest absolute Gasteiger partial charge is 0.373 e. The molecular formula is C19H29N3O2S. The summed E-state index contributed by atoms with van der Waals surface area (Å²) in [6.45, 7) is 6.94. The molecule has 2 aliphatic carbocycles. The number of hydrogen-bond acceptors (Lipinski definition) is 5. The molecule has 2 saturated carbocycles. The third-order valence-corrected chi connectivity index (χ3v) is 6.82. The van der Waals surface area contributed by atoms with Gasteiger partial charge in [0.2, 0.25) is 5.91 Å². The molecule has 3 fully saturated rings. The van der Waals surface area contributed by atoms with Crippen molar-refractivity contribution < 1.29 is 9.53 Å². The Balaban J connectivity index is 1.27. The summed E-state index contributed by atoms with van der Waals surface area (Å²) in [6.07, 6.45) is 6.54. The summed E-state index contributed by atoms with van der Waals surface area (Å²) in [5.74, 6) is 2.45. The number of ether oxygens (including phenoxy) is 1. The van der Waals surface area contributed by atoms with Gasteiger partial charge in [-0.05, 0) is 50.9 Å². The quantitative estimate of drug-likeness (QED) is 0.870. The summed E-state index contributed by atoms with van der Waals surface area (Å²) in [4.78, 5) is 19.4. The molecule has 6 heteroatoms. The Morgan fingerprint density at radius 1 is 1.32 bits per heavy atom. The van der Waals surface area contributed by atoms with Crippen molar-refractivity contribution in [2.45, 2.75) is 64.7 Å². The molecule has 1 aromatic heterocycles. The smallest absolute Gasteiger partial charge is 0.226 e. The van der Waals surface area contributed by atoms with Gasteiger partial charge in [0.05, 0.1) is 17.9 Å². The van der Waals surface area contributed by atoms with Crippen molar-refractivity contribution in [2.24, 2.45) is 17.8 Å². The number of nitrogens with zero attached hydrogens (tertiary/aromatic N) is 2. The Kier molecular flexibility index (Phi) is 5.11. The molecule has 0 aromatic carbocycles. The lowest BCUT2D eigenvalue weighted by atomic mass is 9.86. The fourth-order valence-electron chi connectivity index (χ4n) is 5.11. The van der Waals surface area contributed by atoms with Crippen LogP contribution < -0.4 is 5.32 Å². The molecule has 1 saturated heterocycles. The lowest BCUT2D eigenvalue weighted by molar-refractivity contribution is -0.117. The highest BCUT2D eigenvalue weighted by Crippen LogP contribution is 2.49. The maximum absolute atomic E-state index is 12.4. The van der Waals surface area contributed by atoms with E-state index in [1.807, 2.05) is 0 Å². The van der Waals surface area contributed by atoms with Crippen molar-refractivity contribution in [1.29, 1.82) is 0 Å². The van der Waals surface area contributed by atoms with E-state index in [1.54, 1.807) is 11.3 Å². The molecule has 4 rings (SSSR count). The van der Waals surface area contributed by atoms with Gasteiger partial charge in [-0.1, -0.05) is 6.42 Å². The van der Waals surface area contributed by atoms with E-state index < -0.39 is 0 Å². The molecule has 0 spiro atoms. The van der Waals surface area contributed by atoms with E-state index >= 15 is 0 Å². The summed E-state index contributed by atoms with van der Waals surface area (Å²) >= 11 is 1.54. The molecule has 1 amide bonds. The molecule has 2 heterocycles. The highest BCUT2D eigenvalue weighted by Gasteiger charge is 2.40. The van der Waals surface area contributed by atoms with E-state index in [4.69, 9.17) is 4.74 Å². The molecule has 0 unspecified atom stereocenters. The number of thiazole rings is 1. The number of rotatable bonds is 5. The van der Waals surface area contributed by atoms with Gasteiger partial charge in [-0.25, -0.2) is 4.98 Å². The zero-order valence-electron chi connectivity index (χ0n) is 15.2. The highest BCUT2D eigenvalue weighted by atomic mass is 32.1. The predicted molar refractivity (Wildman–Crippen MR) is 99.6 cm³/mol. The van der Waals surface area contributed by atoms with E-state index in [0.717, 1.165) is 42.3 Å². The fraction of sp³-hybridized carbons (Fsp3) is 0.789. The number of morpholine rings is 1. The average Bonchev–Trinajstić information content (AvgIpc) is 3.23. The first-order valence-corrected chi connectivity index (χ1v) is 10.5. The Bertz CT molecular complexity index is 610. The minimum Gasteiger partial charge on any atom is -0.373 e. The summed E-state index contributed by atoms with van der Waals surface area (Å²) in [6, 6.07) is 0. The fourth-order valence-corrected chi connectivity index (χ4v) is 5.83. The maximum atomic E-state index is 12.4. The van der Waals surface area contributed by atoms with Gasteiger partial charge < -0.3 is 10.1 Å². The Morgan fingerprint density at radius 2 is 2.12 bits per heavy atom. The van der Waals surface area contributed by atoms with E-state index in [1.165, 1.54) is 25.7 Å². The van der Waals surface area contributed by atoms with Crippen molar-refractivity contribution in [2.75, 3.05) is 18.4 Å². The third-order valence-electron chi connectivity index (χ3n) is 6.01. The van der Waals surface area contributed by atoms with Crippen LogP contribution in [-0.2, 0) is 16.1 Å². The molecule has 1 N–H and O–H groups in total. The van der Waals surface area contributed by atoms with Crippen molar-refractivity contribution >= 4 is 22.4 Å². The van der Waals surface area contributed by atoms with Crippen LogP contribution in [-0.4, -0.2) is 41.1 Å². The van der Waals surface area contributed by atoms with E-state index in [-0.39, 0.29) is 18.1 Å². The van der Waals surface area contributed by atoms with Crippen molar-refractivity contribution in [3.63, 3.8) is 0 Å². The Labute approximate surface area is 154 Å². The maximum Gasteiger partial charge on any atom is 0.226 e. The number of hydrogen-bond donors (Lipinski definition) is 1. The number of nitrogens with one attached hydrogen (secondary N) is 1. The van der Waals surface area contributed by atoms with Crippen LogP contribution in [0.1, 0.15) is 51.6 Å². The molecular weight excluding hydrogens is 334 g/mol. The van der Waals surface area contributed by atoms with Crippen molar-refractivity contribution in [3.8, 4) is 0 Å². The monoisotopic (exact) mass is 363 g/mol. The van der Waals surface area contributed by atoms with Crippen molar-refractivity contribution in [1.82, 2.24) is 9.88 Å². The first-order chi connectivity index (χ1) is 12.0. The minimum atomic E-state index is 0.145. The molecule has 138 valence electrons. The summed E-state index contributed by atoms with van der Waals surface area (Å²) in [5.41, 5.74) is 1.04. The normalized spacial score (nSPS) is 35.2. The van der Waals surface area contributed by atoms with Crippen LogP contribution in [0, 0.1) is 17.8 Å². The van der Waals surface area contributed by atoms with Crippen LogP contribution in [0.2, 0.25) is 0 Å². The lowest BCUT2D eigenvalue weighted by Crippen LogP contribution is -2.44. The number of amides is 1. The topological polar surface area (TPSA) is 54.5 Å². The molecule has 1 aliphatic heterocycles. The van der Waals surface area contributed by atoms with E-state index in [2.05, 4.69) is 34.4 Å². The van der Waals surface area contributed by atoms with Gasteiger partial charge in [0.25, 0.3) is 0 Å². The molecule has 5 atom stereocenters. The third kappa shape index (κ3) is 4.23. The molecule has 25 heavy (non-hydrogen) atoms. The van der Waals surface area contributed by atoms with Gasteiger partial charge in [-0.3, -0.25) is 9.69 Å². The molecule has 5 nitrogen and oxygen atoms in total. The second kappa shape index (κ2) is 7.33. The van der Waals surface area contributed by atoms with Gasteiger partial charge in [0.1, 0.15) is 0 Å². The SMILES string of the molecule is C[C@H]1CN(Cc2csc(NC(=O)C[C@@H]3C[C@@H]4CC[C@@H]3C4)n2)C[C@H](C)O1. The van der Waals surface area contributed by atoms with Crippen LogP contribution in [0.25, 0.3) is 0 Å². The summed E-state index contributed by atoms with van der Waals surface area (Å²) < 4.78 is 5.78. The zero-order chi connectivity index (χ0) is 17.4. The standard InChI is InChI=1S/C19H29N3O2S/c1-12-8-22(9-13(2)24-12)10-17-11-25-19(20-17)21-18(23)7-16-6-14-3-4-15(16)5-14/h11-16H,3-10H2,1-2H3,(H,20,21,23)/t12-,13-,14+,15+,16-/m0/s1. The molecule has 3 aliphatic rings. The molecule has 1 aromatic rings. The van der Waals surface area contributed by atoms with Gasteiger partial charge >= 0.3 is 0 Å². The van der Waals surface area contributed by atoms with Crippen LogP contribution in [0.4, 0.5) is 5.13 Å². The van der Waals surface area contributed by atoms with Crippen LogP contribution in [0.5, 0.6) is 0 Å². The first kappa shape index (κ1) is 17.4. The Morgan fingerprint density at radius 3 is 2.80 bits per heavy atom. The second-order valence-electron chi connectivity index (χ2n) is 8.28.